The monoisotopic (exact) mass is 283 g/mol. The van der Waals surface area contributed by atoms with Crippen molar-refractivity contribution in [3.8, 4) is 0 Å². The maximum absolute atomic E-state index is 6.14. The van der Waals surface area contributed by atoms with E-state index in [4.69, 9.17) is 23.4 Å². The molecular weight excluding hydrogens is 261 g/mol. The third kappa shape index (κ3) is 8.15. The lowest BCUT2D eigenvalue weighted by atomic mass is 10.5. The normalized spacial score (nSPS) is 28.2. The highest BCUT2D eigenvalue weighted by molar-refractivity contribution is 6.25. The molecule has 17 heavy (non-hydrogen) atoms. The van der Waals surface area contributed by atoms with Crippen molar-refractivity contribution in [1.82, 2.24) is 25.7 Å². The number of nitrogens with zero attached hydrogens (tertiary/aromatic N) is 1. The minimum atomic E-state index is -0.165. The molecule has 0 aliphatic carbocycles. The van der Waals surface area contributed by atoms with E-state index in [2.05, 4.69) is 21.3 Å². The van der Waals surface area contributed by atoms with E-state index < -0.39 is 0 Å². The summed E-state index contributed by atoms with van der Waals surface area (Å²) in [6.45, 7) is 8.09. The number of rotatable bonds is 0. The molecule has 1 unspecified atom stereocenters. The standard InChI is InChI=1S/C10H23Cl2N5/c11-10-9-16-6-5-14-2-1-13-3-4-15-7-8-17(10)12/h10,13-16H,1-9H2. The van der Waals surface area contributed by atoms with Crippen LogP contribution in [0.5, 0.6) is 0 Å². The molecule has 1 aliphatic heterocycles. The zero-order chi connectivity index (χ0) is 12.3. The first-order valence-electron chi connectivity index (χ1n) is 6.20. The van der Waals surface area contributed by atoms with Crippen molar-refractivity contribution in [2.24, 2.45) is 0 Å². The molecule has 102 valence electrons. The Balaban J connectivity index is 2.21. The van der Waals surface area contributed by atoms with E-state index in [1.807, 2.05) is 0 Å². The highest BCUT2D eigenvalue weighted by Crippen LogP contribution is 2.05. The molecule has 1 aliphatic rings. The third-order valence-electron chi connectivity index (χ3n) is 2.55. The van der Waals surface area contributed by atoms with Gasteiger partial charge in [0, 0.05) is 58.9 Å². The van der Waals surface area contributed by atoms with Crippen molar-refractivity contribution in [1.29, 1.82) is 0 Å². The summed E-state index contributed by atoms with van der Waals surface area (Å²) in [5.41, 5.74) is -0.165. The molecule has 5 nitrogen and oxygen atoms in total. The second-order valence-corrected chi connectivity index (χ2v) is 4.95. The van der Waals surface area contributed by atoms with Crippen molar-refractivity contribution in [3.05, 3.63) is 0 Å². The predicted molar refractivity (Wildman–Crippen MR) is 73.7 cm³/mol. The molecule has 7 heteroatoms. The molecule has 4 N–H and O–H groups in total. The van der Waals surface area contributed by atoms with E-state index in [9.17, 15) is 0 Å². The molecule has 0 saturated carbocycles. The molecule has 0 radical (unpaired) electrons. The van der Waals surface area contributed by atoms with Crippen LogP contribution in [-0.2, 0) is 0 Å². The zero-order valence-corrected chi connectivity index (χ0v) is 11.7. The van der Waals surface area contributed by atoms with Crippen molar-refractivity contribution < 1.29 is 0 Å². The van der Waals surface area contributed by atoms with Gasteiger partial charge in [0.1, 0.15) is 5.50 Å². The molecule has 0 aromatic rings. The van der Waals surface area contributed by atoms with Gasteiger partial charge in [-0.05, 0) is 11.8 Å². The molecule has 1 rings (SSSR count). The average Bonchev–Trinajstić information content (AvgIpc) is 2.34. The molecule has 0 aromatic heterocycles. The lowest BCUT2D eigenvalue weighted by Gasteiger charge is -2.20. The molecule has 0 spiro atoms. The van der Waals surface area contributed by atoms with Crippen LogP contribution in [0.25, 0.3) is 0 Å². The van der Waals surface area contributed by atoms with Crippen LogP contribution in [0.4, 0.5) is 0 Å². The topological polar surface area (TPSA) is 51.4 Å². The molecule has 1 atom stereocenters. The fourth-order valence-corrected chi connectivity index (χ4v) is 1.91. The Hall–Kier alpha value is 0.380. The highest BCUT2D eigenvalue weighted by Gasteiger charge is 2.12. The second kappa shape index (κ2) is 10.3. The Morgan fingerprint density at radius 2 is 1.24 bits per heavy atom. The first-order valence-corrected chi connectivity index (χ1v) is 6.97. The van der Waals surface area contributed by atoms with Gasteiger partial charge in [-0.15, -0.1) is 11.6 Å². The van der Waals surface area contributed by atoms with Gasteiger partial charge in [0.05, 0.1) is 0 Å². The fraction of sp³-hybridized carbons (Fsp3) is 1.00. The summed E-state index contributed by atoms with van der Waals surface area (Å²) >= 11 is 12.2. The van der Waals surface area contributed by atoms with Gasteiger partial charge in [0.2, 0.25) is 0 Å². The van der Waals surface area contributed by atoms with Gasteiger partial charge in [-0.2, -0.15) is 4.42 Å². The molecule has 1 heterocycles. The molecule has 0 amide bonds. The minimum Gasteiger partial charge on any atom is -0.314 e. The number of halogens is 2. The SMILES string of the molecule is ClC1CNCCNCCNCCNCCN1Cl. The van der Waals surface area contributed by atoms with E-state index in [0.29, 0.717) is 6.54 Å². The van der Waals surface area contributed by atoms with Crippen molar-refractivity contribution in [2.75, 3.05) is 58.9 Å². The average molecular weight is 284 g/mol. The summed E-state index contributed by atoms with van der Waals surface area (Å²) in [5, 5.41) is 13.3. The summed E-state index contributed by atoms with van der Waals surface area (Å²) in [7, 11) is 0. The lowest BCUT2D eigenvalue weighted by molar-refractivity contribution is 0.399. The van der Waals surface area contributed by atoms with Crippen LogP contribution < -0.4 is 21.3 Å². The van der Waals surface area contributed by atoms with Crippen LogP contribution in [0.2, 0.25) is 0 Å². The first kappa shape index (κ1) is 15.4. The van der Waals surface area contributed by atoms with Crippen LogP contribution in [0.15, 0.2) is 0 Å². The Bertz CT molecular complexity index is 166. The minimum absolute atomic E-state index is 0.165. The number of nitrogens with one attached hydrogen (secondary N) is 4. The molecule has 0 bridgehead atoms. The summed E-state index contributed by atoms with van der Waals surface area (Å²) in [4.78, 5) is 0. The van der Waals surface area contributed by atoms with Gasteiger partial charge < -0.3 is 21.3 Å². The fourth-order valence-electron chi connectivity index (χ4n) is 1.55. The van der Waals surface area contributed by atoms with E-state index in [1.165, 1.54) is 0 Å². The maximum Gasteiger partial charge on any atom is 0.111 e. The molecule has 1 fully saturated rings. The molecule has 0 aromatic carbocycles. The van der Waals surface area contributed by atoms with Crippen molar-refractivity contribution in [2.45, 2.75) is 5.50 Å². The number of hydrogen-bond donors (Lipinski definition) is 4. The Labute approximate surface area is 114 Å². The van der Waals surface area contributed by atoms with Gasteiger partial charge in [-0.1, -0.05) is 0 Å². The van der Waals surface area contributed by atoms with Crippen LogP contribution in [0.1, 0.15) is 0 Å². The Morgan fingerprint density at radius 1 is 0.765 bits per heavy atom. The smallest absolute Gasteiger partial charge is 0.111 e. The summed E-state index contributed by atoms with van der Waals surface area (Å²) in [5.74, 6) is 0. The quantitative estimate of drug-likeness (QED) is 0.271. The van der Waals surface area contributed by atoms with Crippen LogP contribution in [-0.4, -0.2) is 68.8 Å². The van der Waals surface area contributed by atoms with Gasteiger partial charge in [-0.3, -0.25) is 0 Å². The van der Waals surface area contributed by atoms with Gasteiger partial charge >= 0.3 is 0 Å². The lowest BCUT2D eigenvalue weighted by Crippen LogP contribution is -2.38. The number of hydrogen-bond acceptors (Lipinski definition) is 5. The number of alkyl halides is 1. The van der Waals surface area contributed by atoms with E-state index in [1.54, 1.807) is 4.42 Å². The first-order chi connectivity index (χ1) is 8.30. The van der Waals surface area contributed by atoms with Crippen molar-refractivity contribution >= 4 is 23.4 Å². The summed E-state index contributed by atoms with van der Waals surface area (Å²) < 4.78 is 1.64. The maximum atomic E-state index is 6.14. The summed E-state index contributed by atoms with van der Waals surface area (Å²) in [6, 6.07) is 0. The predicted octanol–water partition coefficient (Wildman–Crippen LogP) is -0.621. The zero-order valence-electron chi connectivity index (χ0n) is 10.1. The highest BCUT2D eigenvalue weighted by atomic mass is 35.5. The van der Waals surface area contributed by atoms with Gasteiger partial charge in [0.25, 0.3) is 0 Å². The Kier molecular flexibility index (Phi) is 9.37. The Morgan fingerprint density at radius 3 is 1.82 bits per heavy atom. The van der Waals surface area contributed by atoms with E-state index in [0.717, 1.165) is 52.4 Å². The van der Waals surface area contributed by atoms with Crippen LogP contribution in [0.3, 0.4) is 0 Å². The van der Waals surface area contributed by atoms with Crippen LogP contribution >= 0.6 is 23.4 Å². The van der Waals surface area contributed by atoms with Gasteiger partial charge in [0.15, 0.2) is 0 Å². The third-order valence-corrected chi connectivity index (χ3v) is 3.45. The largest absolute Gasteiger partial charge is 0.314 e. The van der Waals surface area contributed by atoms with Gasteiger partial charge in [-0.25, -0.2) is 0 Å². The van der Waals surface area contributed by atoms with E-state index in [-0.39, 0.29) is 5.50 Å². The summed E-state index contributed by atoms with van der Waals surface area (Å²) in [6.07, 6.45) is 0. The molecular formula is C10H23Cl2N5. The molecule has 1 saturated heterocycles. The van der Waals surface area contributed by atoms with E-state index >= 15 is 0 Å². The van der Waals surface area contributed by atoms with Crippen LogP contribution in [0, 0.1) is 0 Å². The van der Waals surface area contributed by atoms with Crippen molar-refractivity contribution in [3.63, 3.8) is 0 Å². The second-order valence-electron chi connectivity index (χ2n) is 4.01.